The van der Waals surface area contributed by atoms with E-state index in [9.17, 15) is 18.0 Å². The van der Waals surface area contributed by atoms with Gasteiger partial charge in [0.15, 0.2) is 11.4 Å². The molecule has 0 aliphatic carbocycles. The highest BCUT2D eigenvalue weighted by atomic mass is 35.5. The van der Waals surface area contributed by atoms with E-state index in [4.69, 9.17) is 11.6 Å². The maximum atomic E-state index is 12.7. The lowest BCUT2D eigenvalue weighted by Gasteiger charge is -2.30. The normalized spacial score (nSPS) is 16.5. The summed E-state index contributed by atoms with van der Waals surface area (Å²) >= 11 is 7.18. The molecule has 0 atom stereocenters. The molecule has 0 N–H and O–H groups in total. The largest absolute Gasteiger partial charge is 0.434 e. The van der Waals surface area contributed by atoms with E-state index in [-0.39, 0.29) is 17.5 Å². The highest BCUT2D eigenvalue weighted by Crippen LogP contribution is 2.36. The molecule has 0 saturated carbocycles. The Morgan fingerprint density at radius 1 is 1.36 bits per heavy atom. The highest BCUT2D eigenvalue weighted by Gasteiger charge is 2.35. The summed E-state index contributed by atoms with van der Waals surface area (Å²) in [6.07, 6.45) is -3.28. The molecule has 1 aliphatic rings. The second kappa shape index (κ2) is 6.60. The van der Waals surface area contributed by atoms with Gasteiger partial charge in [0.1, 0.15) is 0 Å². The molecule has 1 amide bonds. The van der Waals surface area contributed by atoms with Crippen molar-refractivity contribution in [1.82, 2.24) is 19.7 Å². The minimum atomic E-state index is -4.42. The fraction of sp³-hybridized carbons (Fsp3) is 0.533. The predicted molar refractivity (Wildman–Crippen MR) is 87.9 cm³/mol. The van der Waals surface area contributed by atoms with Gasteiger partial charge < -0.3 is 4.90 Å². The standard InChI is InChI=1S/C15H16ClF3N4OS/c1-8-11(16)12(21-22(8)2)14(24)23-5-3-9(4-6-23)13-20-10(7-25-13)15(17,18)19/h7,9H,3-6H2,1-2H3. The van der Waals surface area contributed by atoms with Gasteiger partial charge in [-0.05, 0) is 19.8 Å². The second-order valence-electron chi connectivity index (χ2n) is 6.01. The van der Waals surface area contributed by atoms with Gasteiger partial charge in [0.05, 0.1) is 15.7 Å². The molecule has 0 spiro atoms. The van der Waals surface area contributed by atoms with Gasteiger partial charge in [0.2, 0.25) is 0 Å². The van der Waals surface area contributed by atoms with Crippen LogP contribution in [0.4, 0.5) is 13.2 Å². The monoisotopic (exact) mass is 392 g/mol. The highest BCUT2D eigenvalue weighted by molar-refractivity contribution is 7.09. The molecule has 2 aromatic heterocycles. The van der Waals surface area contributed by atoms with Gasteiger partial charge >= 0.3 is 6.18 Å². The van der Waals surface area contributed by atoms with E-state index in [0.29, 0.717) is 41.7 Å². The van der Waals surface area contributed by atoms with Crippen LogP contribution < -0.4 is 0 Å². The van der Waals surface area contributed by atoms with Crippen LogP contribution in [0.5, 0.6) is 0 Å². The zero-order chi connectivity index (χ0) is 18.4. The van der Waals surface area contributed by atoms with E-state index in [0.717, 1.165) is 16.7 Å². The first-order chi connectivity index (χ1) is 11.7. The van der Waals surface area contributed by atoms with E-state index >= 15 is 0 Å². The minimum Gasteiger partial charge on any atom is -0.337 e. The van der Waals surface area contributed by atoms with Crippen LogP contribution in [0, 0.1) is 6.92 Å². The zero-order valence-electron chi connectivity index (χ0n) is 13.6. The Bertz CT molecular complexity index is 793. The third kappa shape index (κ3) is 3.52. The molecule has 1 saturated heterocycles. The Labute approximate surface area is 151 Å². The third-order valence-corrected chi connectivity index (χ3v) is 5.87. The number of carbonyl (C=O) groups excluding carboxylic acids is 1. The average Bonchev–Trinajstić information content (AvgIpc) is 3.16. The van der Waals surface area contributed by atoms with Crippen LogP contribution in [-0.2, 0) is 13.2 Å². The predicted octanol–water partition coefficient (Wildman–Crippen LogP) is 3.88. The Hall–Kier alpha value is -1.61. The van der Waals surface area contributed by atoms with Crippen molar-refractivity contribution >= 4 is 28.8 Å². The number of aromatic nitrogens is 3. The molecule has 1 fully saturated rings. The van der Waals surface area contributed by atoms with E-state index in [2.05, 4.69) is 10.1 Å². The maximum Gasteiger partial charge on any atom is 0.434 e. The Kier molecular flexibility index (Phi) is 4.80. The fourth-order valence-corrected chi connectivity index (χ4v) is 4.04. The van der Waals surface area contributed by atoms with Crippen LogP contribution in [0.1, 0.15) is 45.6 Å². The first kappa shape index (κ1) is 18.2. The molecule has 0 unspecified atom stereocenters. The molecule has 136 valence electrons. The number of halogens is 4. The van der Waals surface area contributed by atoms with Crippen molar-refractivity contribution in [3.05, 3.63) is 32.5 Å². The van der Waals surface area contributed by atoms with Gasteiger partial charge in [0, 0.05) is 31.4 Å². The number of nitrogens with zero attached hydrogens (tertiary/aromatic N) is 4. The first-order valence-electron chi connectivity index (χ1n) is 7.69. The number of hydrogen-bond donors (Lipinski definition) is 0. The van der Waals surface area contributed by atoms with E-state index in [1.165, 1.54) is 0 Å². The smallest absolute Gasteiger partial charge is 0.337 e. The van der Waals surface area contributed by atoms with Gasteiger partial charge in [-0.2, -0.15) is 18.3 Å². The Morgan fingerprint density at radius 3 is 2.48 bits per heavy atom. The van der Waals surface area contributed by atoms with Crippen LogP contribution in [0.2, 0.25) is 5.02 Å². The summed E-state index contributed by atoms with van der Waals surface area (Å²) in [5.74, 6) is -0.312. The summed E-state index contributed by atoms with van der Waals surface area (Å²) in [6, 6.07) is 0. The summed E-state index contributed by atoms with van der Waals surface area (Å²) in [4.78, 5) is 17.9. The van der Waals surface area contributed by atoms with E-state index in [1.807, 2.05) is 0 Å². The van der Waals surface area contributed by atoms with Gasteiger partial charge in [-0.25, -0.2) is 4.98 Å². The number of piperidine rings is 1. The van der Waals surface area contributed by atoms with Gasteiger partial charge in [-0.3, -0.25) is 9.48 Å². The van der Waals surface area contributed by atoms with Crippen molar-refractivity contribution in [1.29, 1.82) is 0 Å². The molecule has 0 bridgehead atoms. The number of alkyl halides is 3. The van der Waals surface area contributed by atoms with E-state index in [1.54, 1.807) is 23.6 Å². The topological polar surface area (TPSA) is 51.0 Å². The third-order valence-electron chi connectivity index (χ3n) is 4.41. The lowest BCUT2D eigenvalue weighted by molar-refractivity contribution is -0.140. The fourth-order valence-electron chi connectivity index (χ4n) is 2.80. The molecule has 5 nitrogen and oxygen atoms in total. The van der Waals surface area contributed by atoms with Crippen molar-refractivity contribution in [3.8, 4) is 0 Å². The summed E-state index contributed by atoms with van der Waals surface area (Å²) in [5, 5.41) is 6.01. The molecule has 10 heteroatoms. The molecular weight excluding hydrogens is 377 g/mol. The van der Waals surface area contributed by atoms with Gasteiger partial charge in [-0.15, -0.1) is 11.3 Å². The zero-order valence-corrected chi connectivity index (χ0v) is 15.2. The molecule has 2 aromatic rings. The van der Waals surface area contributed by atoms with Gasteiger partial charge in [-0.1, -0.05) is 11.6 Å². The van der Waals surface area contributed by atoms with Crippen molar-refractivity contribution < 1.29 is 18.0 Å². The van der Waals surface area contributed by atoms with Gasteiger partial charge in [0.25, 0.3) is 5.91 Å². The second-order valence-corrected chi connectivity index (χ2v) is 7.27. The van der Waals surface area contributed by atoms with Crippen molar-refractivity contribution in [2.24, 2.45) is 7.05 Å². The molecule has 0 radical (unpaired) electrons. The number of likely N-dealkylation sites (tertiary alicyclic amines) is 1. The number of rotatable bonds is 2. The summed E-state index contributed by atoms with van der Waals surface area (Å²) in [5.41, 5.74) is 0.0813. The van der Waals surface area contributed by atoms with Crippen molar-refractivity contribution in [2.75, 3.05) is 13.1 Å². The summed E-state index contributed by atoms with van der Waals surface area (Å²) < 4.78 is 39.6. The molecule has 3 rings (SSSR count). The Balaban J connectivity index is 1.66. The summed E-state index contributed by atoms with van der Waals surface area (Å²) in [6.45, 7) is 2.66. The first-order valence-corrected chi connectivity index (χ1v) is 8.95. The minimum absolute atomic E-state index is 0.0638. The number of amides is 1. The average molecular weight is 393 g/mol. The summed E-state index contributed by atoms with van der Waals surface area (Å²) in [7, 11) is 1.71. The lowest BCUT2D eigenvalue weighted by atomic mass is 9.97. The number of carbonyl (C=O) groups is 1. The molecular formula is C15H16ClF3N4OS. The number of aryl methyl sites for hydroxylation is 1. The molecule has 3 heterocycles. The molecule has 25 heavy (non-hydrogen) atoms. The van der Waals surface area contributed by atoms with Crippen molar-refractivity contribution in [2.45, 2.75) is 31.9 Å². The molecule has 0 aromatic carbocycles. The number of hydrogen-bond acceptors (Lipinski definition) is 4. The maximum absolute atomic E-state index is 12.7. The van der Waals surface area contributed by atoms with E-state index < -0.39 is 11.9 Å². The SMILES string of the molecule is Cc1c(Cl)c(C(=O)N2CCC(c3nc(C(F)(F)F)cs3)CC2)nn1C. The lowest BCUT2D eigenvalue weighted by Crippen LogP contribution is -2.38. The van der Waals surface area contributed by atoms with Crippen LogP contribution in [-0.4, -0.2) is 38.7 Å². The Morgan fingerprint density at radius 2 is 2.00 bits per heavy atom. The quantitative estimate of drug-likeness (QED) is 0.779. The van der Waals surface area contributed by atoms with Crippen LogP contribution in [0.15, 0.2) is 5.38 Å². The molecule has 1 aliphatic heterocycles. The van der Waals surface area contributed by atoms with Crippen LogP contribution in [0.3, 0.4) is 0 Å². The van der Waals surface area contributed by atoms with Crippen LogP contribution in [0.25, 0.3) is 0 Å². The van der Waals surface area contributed by atoms with Crippen molar-refractivity contribution in [3.63, 3.8) is 0 Å². The number of thiazole rings is 1. The van der Waals surface area contributed by atoms with Crippen LogP contribution >= 0.6 is 22.9 Å².